The van der Waals surface area contributed by atoms with Crippen LogP contribution in [0.4, 0.5) is 0 Å². The molecular formula is C11H17N3O2S2. The maximum Gasteiger partial charge on any atom is 0.233 e. The number of hydrogen-bond acceptors (Lipinski definition) is 6. The summed E-state index contributed by atoms with van der Waals surface area (Å²) in [5, 5.41) is 8.86. The highest BCUT2D eigenvalue weighted by molar-refractivity contribution is 8.01. The Hall–Kier alpha value is -0.660. The Bertz CT molecular complexity index is 414. The molecule has 1 amide bonds. The Morgan fingerprint density at radius 2 is 2.11 bits per heavy atom. The van der Waals surface area contributed by atoms with Gasteiger partial charge in [-0.3, -0.25) is 4.79 Å². The molecule has 2 atom stereocenters. The summed E-state index contributed by atoms with van der Waals surface area (Å²) in [5.41, 5.74) is 0. The van der Waals surface area contributed by atoms with E-state index in [0.717, 1.165) is 9.35 Å². The van der Waals surface area contributed by atoms with Crippen LogP contribution in [0.25, 0.3) is 0 Å². The summed E-state index contributed by atoms with van der Waals surface area (Å²) in [5.74, 6) is 0.573. The first-order chi connectivity index (χ1) is 8.54. The van der Waals surface area contributed by atoms with Gasteiger partial charge in [0.05, 0.1) is 18.0 Å². The van der Waals surface area contributed by atoms with Gasteiger partial charge < -0.3 is 9.64 Å². The standard InChI is InChI=1S/C11H17N3O2S2/c1-7-4-14(5-8(2)16-7)10(15)6-17-11-13-12-9(3)18-11/h7-8H,4-6H2,1-3H3/t7-,8-/m1/s1. The predicted molar refractivity (Wildman–Crippen MR) is 72.0 cm³/mol. The molecule has 0 N–H and O–H groups in total. The van der Waals surface area contributed by atoms with Crippen molar-refractivity contribution in [3.8, 4) is 0 Å². The van der Waals surface area contributed by atoms with Crippen LogP contribution in [0.5, 0.6) is 0 Å². The third kappa shape index (κ3) is 3.66. The molecule has 2 heterocycles. The SMILES string of the molecule is Cc1nnc(SCC(=O)N2C[C@@H](C)O[C@H](C)C2)s1. The molecule has 1 saturated heterocycles. The van der Waals surface area contributed by atoms with Crippen LogP contribution in [-0.2, 0) is 9.53 Å². The fourth-order valence-corrected chi connectivity index (χ4v) is 3.65. The maximum absolute atomic E-state index is 12.1. The van der Waals surface area contributed by atoms with Crippen LogP contribution in [0, 0.1) is 6.92 Å². The van der Waals surface area contributed by atoms with Crippen molar-refractivity contribution in [2.45, 2.75) is 37.3 Å². The molecule has 1 aromatic heterocycles. The van der Waals surface area contributed by atoms with Gasteiger partial charge in [-0.25, -0.2) is 0 Å². The summed E-state index contributed by atoms with van der Waals surface area (Å²) >= 11 is 2.98. The van der Waals surface area contributed by atoms with Gasteiger partial charge in [-0.05, 0) is 20.8 Å². The van der Waals surface area contributed by atoms with E-state index in [-0.39, 0.29) is 18.1 Å². The Balaban J connectivity index is 1.84. The van der Waals surface area contributed by atoms with Crippen LogP contribution in [0.2, 0.25) is 0 Å². The van der Waals surface area contributed by atoms with Crippen molar-refractivity contribution in [1.82, 2.24) is 15.1 Å². The average molecular weight is 287 g/mol. The van der Waals surface area contributed by atoms with Gasteiger partial charge in [0, 0.05) is 13.1 Å². The fraction of sp³-hybridized carbons (Fsp3) is 0.727. The van der Waals surface area contributed by atoms with Crippen molar-refractivity contribution in [2.24, 2.45) is 0 Å². The van der Waals surface area contributed by atoms with E-state index in [1.807, 2.05) is 25.7 Å². The quantitative estimate of drug-likeness (QED) is 0.790. The first kappa shape index (κ1) is 13.8. The number of amides is 1. The van der Waals surface area contributed by atoms with E-state index in [1.54, 1.807) is 0 Å². The molecule has 0 spiro atoms. The summed E-state index contributed by atoms with van der Waals surface area (Å²) in [6.45, 7) is 7.26. The third-order valence-corrected chi connectivity index (χ3v) is 4.56. The highest BCUT2D eigenvalue weighted by atomic mass is 32.2. The van der Waals surface area contributed by atoms with Crippen molar-refractivity contribution in [3.05, 3.63) is 5.01 Å². The normalized spacial score (nSPS) is 24.3. The number of nitrogens with zero attached hydrogens (tertiary/aromatic N) is 3. The molecule has 0 aromatic carbocycles. The molecule has 18 heavy (non-hydrogen) atoms. The number of ether oxygens (including phenoxy) is 1. The minimum Gasteiger partial charge on any atom is -0.372 e. The number of aromatic nitrogens is 2. The molecule has 1 fully saturated rings. The summed E-state index contributed by atoms with van der Waals surface area (Å²) < 4.78 is 6.47. The zero-order chi connectivity index (χ0) is 13.1. The average Bonchev–Trinajstić information content (AvgIpc) is 2.70. The lowest BCUT2D eigenvalue weighted by molar-refractivity contribution is -0.140. The Morgan fingerprint density at radius 1 is 1.44 bits per heavy atom. The van der Waals surface area contributed by atoms with Crippen LogP contribution >= 0.6 is 23.1 Å². The van der Waals surface area contributed by atoms with E-state index < -0.39 is 0 Å². The van der Waals surface area contributed by atoms with E-state index in [9.17, 15) is 4.79 Å². The second kappa shape index (κ2) is 5.99. The largest absolute Gasteiger partial charge is 0.372 e. The molecule has 100 valence electrons. The molecule has 2 rings (SSSR count). The van der Waals surface area contributed by atoms with Crippen LogP contribution in [0.15, 0.2) is 4.34 Å². The molecule has 0 radical (unpaired) electrons. The molecule has 1 aliphatic heterocycles. The number of rotatable bonds is 3. The molecule has 5 nitrogen and oxygen atoms in total. The molecule has 0 aliphatic carbocycles. The lowest BCUT2D eigenvalue weighted by Gasteiger charge is -2.35. The Kier molecular flexibility index (Phi) is 4.58. The van der Waals surface area contributed by atoms with Gasteiger partial charge in [-0.2, -0.15) is 0 Å². The highest BCUT2D eigenvalue weighted by Gasteiger charge is 2.25. The second-order valence-electron chi connectivity index (χ2n) is 4.43. The number of carbonyl (C=O) groups is 1. The van der Waals surface area contributed by atoms with Gasteiger partial charge in [0.1, 0.15) is 5.01 Å². The second-order valence-corrected chi connectivity index (χ2v) is 6.84. The minimum absolute atomic E-state index is 0.117. The van der Waals surface area contributed by atoms with Gasteiger partial charge in [0.2, 0.25) is 5.91 Å². The van der Waals surface area contributed by atoms with Crippen molar-refractivity contribution in [1.29, 1.82) is 0 Å². The summed E-state index contributed by atoms with van der Waals surface area (Å²) in [6.07, 6.45) is 0.234. The van der Waals surface area contributed by atoms with Gasteiger partial charge >= 0.3 is 0 Å². The molecule has 0 bridgehead atoms. The number of thioether (sulfide) groups is 1. The first-order valence-electron chi connectivity index (χ1n) is 5.90. The molecular weight excluding hydrogens is 270 g/mol. The van der Waals surface area contributed by atoms with E-state index in [1.165, 1.54) is 23.1 Å². The van der Waals surface area contributed by atoms with Crippen LogP contribution in [-0.4, -0.2) is 52.1 Å². The maximum atomic E-state index is 12.1. The van der Waals surface area contributed by atoms with E-state index in [2.05, 4.69) is 10.2 Å². The van der Waals surface area contributed by atoms with Crippen LogP contribution < -0.4 is 0 Å². The smallest absolute Gasteiger partial charge is 0.233 e. The zero-order valence-electron chi connectivity index (χ0n) is 10.8. The topological polar surface area (TPSA) is 55.3 Å². The Morgan fingerprint density at radius 3 is 2.67 bits per heavy atom. The lowest BCUT2D eigenvalue weighted by Crippen LogP contribution is -2.48. The van der Waals surface area contributed by atoms with Crippen molar-refractivity contribution in [2.75, 3.05) is 18.8 Å². The van der Waals surface area contributed by atoms with E-state index in [4.69, 9.17) is 4.74 Å². The van der Waals surface area contributed by atoms with Gasteiger partial charge in [0.25, 0.3) is 0 Å². The van der Waals surface area contributed by atoms with E-state index >= 15 is 0 Å². The van der Waals surface area contributed by atoms with Gasteiger partial charge in [0.15, 0.2) is 4.34 Å². The van der Waals surface area contributed by atoms with E-state index in [0.29, 0.717) is 18.8 Å². The van der Waals surface area contributed by atoms with Gasteiger partial charge in [-0.15, -0.1) is 10.2 Å². The summed E-state index contributed by atoms with van der Waals surface area (Å²) in [7, 11) is 0. The summed E-state index contributed by atoms with van der Waals surface area (Å²) in [6, 6.07) is 0. The van der Waals surface area contributed by atoms with Crippen LogP contribution in [0.3, 0.4) is 0 Å². The number of morpholine rings is 1. The van der Waals surface area contributed by atoms with Gasteiger partial charge in [-0.1, -0.05) is 23.1 Å². The monoisotopic (exact) mass is 287 g/mol. The van der Waals surface area contributed by atoms with Crippen LogP contribution in [0.1, 0.15) is 18.9 Å². The zero-order valence-corrected chi connectivity index (χ0v) is 12.4. The molecule has 1 aliphatic rings. The molecule has 7 heteroatoms. The number of hydrogen-bond donors (Lipinski definition) is 0. The Labute approximate surface area is 115 Å². The van der Waals surface area contributed by atoms with Crippen molar-refractivity contribution >= 4 is 29.0 Å². The number of carbonyl (C=O) groups excluding carboxylic acids is 1. The lowest BCUT2D eigenvalue weighted by atomic mass is 10.2. The fourth-order valence-electron chi connectivity index (χ4n) is 1.93. The first-order valence-corrected chi connectivity index (χ1v) is 7.71. The molecule has 0 saturated carbocycles. The highest BCUT2D eigenvalue weighted by Crippen LogP contribution is 2.22. The molecule has 0 unspecified atom stereocenters. The predicted octanol–water partition coefficient (Wildman–Crippen LogP) is 1.57. The minimum atomic E-state index is 0.117. The summed E-state index contributed by atoms with van der Waals surface area (Å²) in [4.78, 5) is 14.0. The van der Waals surface area contributed by atoms with Crippen molar-refractivity contribution < 1.29 is 9.53 Å². The van der Waals surface area contributed by atoms with Crippen molar-refractivity contribution in [3.63, 3.8) is 0 Å². The number of aryl methyl sites for hydroxylation is 1. The molecule has 1 aromatic rings. The third-order valence-electron chi connectivity index (χ3n) is 2.60.